The lowest BCUT2D eigenvalue weighted by atomic mass is 10.1. The van der Waals surface area contributed by atoms with Crippen molar-refractivity contribution in [2.24, 2.45) is 0 Å². The maximum absolute atomic E-state index is 11.3. The second kappa shape index (κ2) is 9.71. The van der Waals surface area contributed by atoms with Crippen molar-refractivity contribution in [1.29, 1.82) is 0 Å². The van der Waals surface area contributed by atoms with E-state index in [9.17, 15) is 17.8 Å². The molecule has 0 aliphatic heterocycles. The zero-order valence-electron chi connectivity index (χ0n) is 15.3. The number of aryl methyl sites for hydroxylation is 1. The molecule has 0 fully saturated rings. The fourth-order valence-corrected chi connectivity index (χ4v) is 2.30. The lowest BCUT2D eigenvalue weighted by Gasteiger charge is -2.31. The van der Waals surface area contributed by atoms with Crippen molar-refractivity contribution in [3.63, 3.8) is 0 Å². The monoisotopic (exact) mass is 355 g/mol. The Kier molecular flexibility index (Phi) is 9.11. The fourth-order valence-electron chi connectivity index (χ4n) is 1.83. The predicted molar refractivity (Wildman–Crippen MR) is 95.7 cm³/mol. The molecule has 0 spiro atoms. The predicted octanol–water partition coefficient (Wildman–Crippen LogP) is 2.91. The molecule has 0 aromatic heterocycles. The minimum absolute atomic E-state index is 0.178. The number of carbonyl (C=O) groups is 1. The molecule has 0 heterocycles. The molecule has 0 radical (unpaired) electrons. The van der Waals surface area contributed by atoms with E-state index >= 15 is 0 Å². The summed E-state index contributed by atoms with van der Waals surface area (Å²) >= 11 is 0. The molecule has 0 bridgehead atoms. The minimum atomic E-state index is -4.27. The van der Waals surface area contributed by atoms with E-state index < -0.39 is 10.1 Å². The molecule has 0 amide bonds. The van der Waals surface area contributed by atoms with Crippen LogP contribution in [0.25, 0.3) is 0 Å². The highest BCUT2D eigenvalue weighted by Gasteiger charge is 2.17. The Bertz CT molecular complexity index is 644. The lowest BCUT2D eigenvalue weighted by Crippen LogP contribution is -2.44. The average Bonchev–Trinajstić information content (AvgIpc) is 2.52. The number of ketones is 1. The van der Waals surface area contributed by atoms with E-state index in [0.29, 0.717) is 12.0 Å². The van der Waals surface area contributed by atoms with Gasteiger partial charge < -0.3 is 9.04 Å². The van der Waals surface area contributed by atoms with Gasteiger partial charge in [0.1, 0.15) is 10.1 Å². The number of allylic oxidation sites excluding steroid dienone is 1. The van der Waals surface area contributed by atoms with E-state index in [0.717, 1.165) is 29.7 Å². The molecule has 1 aromatic rings. The Hall–Kier alpha value is -1.50. The maximum atomic E-state index is 11.3. The third-order valence-corrected chi connectivity index (χ3v) is 5.04. The zero-order chi connectivity index (χ0) is 19.0. The molecule has 0 unspecified atom stereocenters. The fraction of sp³-hybridized carbons (Fsp3) is 0.500. The summed E-state index contributed by atoms with van der Waals surface area (Å²) in [6.45, 7) is 14.7. The van der Waals surface area contributed by atoms with Gasteiger partial charge in [0.2, 0.25) is 0 Å². The van der Waals surface area contributed by atoms with Gasteiger partial charge in [0, 0.05) is 0 Å². The van der Waals surface area contributed by atoms with Gasteiger partial charge in [-0.2, -0.15) is 0 Å². The molecular weight excluding hydrogens is 326 g/mol. The molecule has 0 atom stereocenters. The first-order chi connectivity index (χ1) is 10.9. The summed E-state index contributed by atoms with van der Waals surface area (Å²) in [6.07, 6.45) is 0.632. The van der Waals surface area contributed by atoms with E-state index in [1.807, 2.05) is 6.92 Å². The molecule has 24 heavy (non-hydrogen) atoms. The van der Waals surface area contributed by atoms with Gasteiger partial charge in [-0.25, -0.2) is 8.42 Å². The van der Waals surface area contributed by atoms with Crippen LogP contribution in [0.1, 0.15) is 32.8 Å². The van der Waals surface area contributed by atoms with Crippen molar-refractivity contribution < 1.29 is 22.2 Å². The molecule has 0 saturated carbocycles. The molecule has 0 saturated heterocycles. The van der Waals surface area contributed by atoms with Gasteiger partial charge in [-0.05, 0) is 45.4 Å². The van der Waals surface area contributed by atoms with Crippen LogP contribution < -0.4 is 0 Å². The molecule has 1 aromatic carbocycles. The van der Waals surface area contributed by atoms with Crippen LogP contribution in [0.4, 0.5) is 0 Å². The number of nitrogens with zero attached hydrogens (tertiary/aromatic N) is 1. The average molecular weight is 356 g/mol. The van der Waals surface area contributed by atoms with Crippen LogP contribution in [-0.2, 0) is 14.9 Å². The van der Waals surface area contributed by atoms with Crippen LogP contribution in [0.5, 0.6) is 0 Å². The van der Waals surface area contributed by atoms with Gasteiger partial charge in [-0.1, -0.05) is 24.3 Å². The first-order valence-electron chi connectivity index (χ1n) is 8.00. The summed E-state index contributed by atoms with van der Waals surface area (Å²) in [5.41, 5.74) is 1.61. The molecule has 0 aliphatic carbocycles. The van der Waals surface area contributed by atoms with Gasteiger partial charge >= 0.3 is 0 Å². The Morgan fingerprint density at radius 3 is 1.96 bits per heavy atom. The summed E-state index contributed by atoms with van der Waals surface area (Å²) in [7, 11) is -2.08. The smallest absolute Gasteiger partial charge is 0.163 e. The molecule has 6 heteroatoms. The van der Waals surface area contributed by atoms with E-state index in [1.165, 1.54) is 12.1 Å². The first kappa shape index (κ1) is 22.5. The van der Waals surface area contributed by atoms with Crippen molar-refractivity contribution in [1.82, 2.24) is 0 Å². The Morgan fingerprint density at radius 1 is 1.17 bits per heavy atom. The molecule has 136 valence electrons. The quantitative estimate of drug-likeness (QED) is 0.428. The number of hydrogen-bond donors (Lipinski definition) is 0. The number of rotatable bonds is 7. The van der Waals surface area contributed by atoms with E-state index in [2.05, 4.69) is 27.5 Å². The van der Waals surface area contributed by atoms with E-state index in [-0.39, 0.29) is 10.7 Å². The van der Waals surface area contributed by atoms with Crippen molar-refractivity contribution >= 4 is 15.9 Å². The molecular formula is C18H29NO4S. The minimum Gasteiger partial charge on any atom is -0.744 e. The standard InChI is InChI=1S/C11H22NO.C7H8O3S/c1-6-12(5,7-2)9-8-11(13)10(3)4;1-6-2-4-7(5-3-6)11(8,9)10/h3,6-9H2,1-2,4-5H3;2-5H,1H3,(H,8,9,10)/q+1;/p-1. The Labute approximate surface area is 146 Å². The second-order valence-corrected chi connectivity index (χ2v) is 7.58. The largest absolute Gasteiger partial charge is 0.744 e. The highest BCUT2D eigenvalue weighted by atomic mass is 32.2. The number of carbonyl (C=O) groups excluding carboxylic acids is 1. The summed E-state index contributed by atoms with van der Waals surface area (Å²) in [4.78, 5) is 11.1. The van der Waals surface area contributed by atoms with Crippen molar-refractivity contribution in [2.45, 2.75) is 39.0 Å². The third-order valence-electron chi connectivity index (χ3n) is 4.19. The normalized spacial score (nSPS) is 11.4. The number of quaternary nitrogens is 1. The van der Waals surface area contributed by atoms with Crippen molar-refractivity contribution in [3.05, 3.63) is 42.0 Å². The lowest BCUT2D eigenvalue weighted by molar-refractivity contribution is -0.905. The number of Topliss-reactive ketones (excluding diaryl/α,β-unsaturated/α-hetero) is 1. The Morgan fingerprint density at radius 2 is 1.62 bits per heavy atom. The summed E-state index contributed by atoms with van der Waals surface area (Å²) in [5, 5.41) is 0. The van der Waals surface area contributed by atoms with Crippen LogP contribution in [0, 0.1) is 6.92 Å². The zero-order valence-corrected chi connectivity index (χ0v) is 16.1. The number of hydrogen-bond acceptors (Lipinski definition) is 4. The summed E-state index contributed by atoms with van der Waals surface area (Å²) in [6, 6.07) is 5.78. The first-order valence-corrected chi connectivity index (χ1v) is 9.41. The van der Waals surface area contributed by atoms with Gasteiger partial charge in [-0.15, -0.1) is 0 Å². The van der Waals surface area contributed by atoms with E-state index in [1.54, 1.807) is 19.1 Å². The van der Waals surface area contributed by atoms with E-state index in [4.69, 9.17) is 0 Å². The van der Waals surface area contributed by atoms with Crippen molar-refractivity contribution in [3.8, 4) is 0 Å². The van der Waals surface area contributed by atoms with Crippen LogP contribution in [-0.4, -0.2) is 49.9 Å². The SMILES string of the molecule is C=C(C)C(=O)CC[N+](C)(CC)CC.Cc1ccc(S(=O)(=O)[O-])cc1. The topological polar surface area (TPSA) is 74.3 Å². The van der Waals surface area contributed by atoms with Gasteiger partial charge in [-0.3, -0.25) is 4.79 Å². The van der Waals surface area contributed by atoms with Gasteiger partial charge in [0.25, 0.3) is 0 Å². The Balaban J connectivity index is 0.000000446. The maximum Gasteiger partial charge on any atom is 0.163 e. The van der Waals surface area contributed by atoms with Gasteiger partial charge in [0.15, 0.2) is 5.78 Å². The summed E-state index contributed by atoms with van der Waals surface area (Å²) < 4.78 is 32.1. The van der Waals surface area contributed by atoms with Crippen LogP contribution in [0.3, 0.4) is 0 Å². The number of benzene rings is 1. The molecule has 0 aliphatic rings. The van der Waals surface area contributed by atoms with Gasteiger partial charge in [0.05, 0.1) is 38.0 Å². The molecule has 0 N–H and O–H groups in total. The van der Waals surface area contributed by atoms with Crippen LogP contribution >= 0.6 is 0 Å². The summed E-state index contributed by atoms with van der Waals surface area (Å²) in [5.74, 6) is 0.200. The van der Waals surface area contributed by atoms with Crippen LogP contribution in [0.2, 0.25) is 0 Å². The molecule has 5 nitrogen and oxygen atoms in total. The van der Waals surface area contributed by atoms with Crippen LogP contribution in [0.15, 0.2) is 41.3 Å². The highest BCUT2D eigenvalue weighted by Crippen LogP contribution is 2.08. The third kappa shape index (κ3) is 8.38. The molecule has 1 rings (SSSR count). The highest BCUT2D eigenvalue weighted by molar-refractivity contribution is 7.85. The van der Waals surface area contributed by atoms with Crippen molar-refractivity contribution in [2.75, 3.05) is 26.7 Å². The second-order valence-electron chi connectivity index (χ2n) is 6.20.